The van der Waals surface area contributed by atoms with E-state index in [1.807, 2.05) is 19.9 Å². The second-order valence-electron chi connectivity index (χ2n) is 10.3. The minimum atomic E-state index is -1.19. The highest BCUT2D eigenvalue weighted by Crippen LogP contribution is 2.52. The predicted octanol–water partition coefficient (Wildman–Crippen LogP) is 3.94. The molecule has 3 atom stereocenters. The number of hydrogen-bond donors (Lipinski definition) is 3. The fourth-order valence-corrected chi connectivity index (χ4v) is 6.02. The number of aromatic hydroxyl groups is 1. The topological polar surface area (TPSA) is 93.1 Å². The number of urea groups is 1. The number of benzene rings is 1. The van der Waals surface area contributed by atoms with Gasteiger partial charge in [-0.25, -0.2) is 4.79 Å². The number of hydrogen-bond acceptors (Lipinski definition) is 5. The van der Waals surface area contributed by atoms with Gasteiger partial charge in [-0.1, -0.05) is 19.4 Å². The standard InChI is InChI=1S/C27H43N3O4/c1-6-13-27(34)20(5)29(18-21-10-11-21)15-14-26(27,23-16-22(31)12-9-19(23)4)17-24(32)30(8-3)25(33)28-7-2/h9,12,16,20-21,31,34H,6-8,10-11,13-15,17-18H2,1-5H3,(H,28,33). The number of imide groups is 1. The van der Waals surface area contributed by atoms with Crippen molar-refractivity contribution in [1.82, 2.24) is 15.1 Å². The molecule has 1 heterocycles. The number of carbonyl (C=O) groups is 2. The van der Waals surface area contributed by atoms with Gasteiger partial charge in [0.1, 0.15) is 5.75 Å². The van der Waals surface area contributed by atoms with E-state index in [1.54, 1.807) is 19.1 Å². The molecule has 1 saturated heterocycles. The Balaban J connectivity index is 2.11. The maximum atomic E-state index is 13.7. The number of phenolic OH excluding ortho intramolecular Hbond substituents is 1. The van der Waals surface area contributed by atoms with Crippen LogP contribution < -0.4 is 5.32 Å². The number of aliphatic hydroxyl groups is 1. The molecule has 1 aliphatic carbocycles. The maximum absolute atomic E-state index is 13.7. The van der Waals surface area contributed by atoms with Gasteiger partial charge in [0, 0.05) is 37.5 Å². The first-order valence-electron chi connectivity index (χ1n) is 13.0. The van der Waals surface area contributed by atoms with Gasteiger partial charge in [-0.05, 0) is 89.1 Å². The smallest absolute Gasteiger partial charge is 0.324 e. The molecule has 1 aliphatic heterocycles. The molecule has 7 nitrogen and oxygen atoms in total. The normalized spacial score (nSPS) is 27.4. The third kappa shape index (κ3) is 4.96. The molecule has 3 unspecified atom stereocenters. The predicted molar refractivity (Wildman–Crippen MR) is 134 cm³/mol. The molecule has 1 saturated carbocycles. The van der Waals surface area contributed by atoms with Gasteiger partial charge in [0.2, 0.25) is 5.91 Å². The van der Waals surface area contributed by atoms with Crippen molar-refractivity contribution < 1.29 is 19.8 Å². The van der Waals surface area contributed by atoms with Crippen molar-refractivity contribution in [2.75, 3.05) is 26.2 Å². The average Bonchev–Trinajstić information content (AvgIpc) is 3.61. The molecule has 1 aromatic rings. The van der Waals surface area contributed by atoms with Crippen LogP contribution in [0.3, 0.4) is 0 Å². The van der Waals surface area contributed by atoms with E-state index in [0.29, 0.717) is 25.3 Å². The fourth-order valence-electron chi connectivity index (χ4n) is 6.02. The molecule has 1 aromatic carbocycles. The van der Waals surface area contributed by atoms with Gasteiger partial charge in [0.25, 0.3) is 0 Å². The Kier molecular flexibility index (Phi) is 8.30. The number of aryl methyl sites for hydroxylation is 1. The molecule has 2 aliphatic rings. The second kappa shape index (κ2) is 10.6. The summed E-state index contributed by atoms with van der Waals surface area (Å²) in [5.41, 5.74) is -0.364. The van der Waals surface area contributed by atoms with Gasteiger partial charge in [-0.3, -0.25) is 14.6 Å². The summed E-state index contributed by atoms with van der Waals surface area (Å²) in [6.07, 6.45) is 4.38. The highest BCUT2D eigenvalue weighted by atomic mass is 16.3. The molecule has 34 heavy (non-hydrogen) atoms. The van der Waals surface area contributed by atoms with Crippen LogP contribution in [0.4, 0.5) is 4.79 Å². The first-order valence-corrected chi connectivity index (χ1v) is 13.0. The van der Waals surface area contributed by atoms with E-state index in [4.69, 9.17) is 0 Å². The highest BCUT2D eigenvalue weighted by molar-refractivity contribution is 5.95. The number of phenols is 1. The molecule has 0 bridgehead atoms. The average molecular weight is 474 g/mol. The lowest BCUT2D eigenvalue weighted by atomic mass is 9.56. The lowest BCUT2D eigenvalue weighted by Crippen LogP contribution is -2.69. The van der Waals surface area contributed by atoms with Gasteiger partial charge in [0.15, 0.2) is 0 Å². The molecular weight excluding hydrogens is 430 g/mol. The molecular formula is C27H43N3O4. The van der Waals surface area contributed by atoms with Crippen LogP contribution in [0.15, 0.2) is 18.2 Å². The van der Waals surface area contributed by atoms with Crippen molar-refractivity contribution in [3.63, 3.8) is 0 Å². The lowest BCUT2D eigenvalue weighted by Gasteiger charge is -2.58. The summed E-state index contributed by atoms with van der Waals surface area (Å²) in [7, 11) is 0. The molecule has 3 amide bonds. The summed E-state index contributed by atoms with van der Waals surface area (Å²) in [5.74, 6) is 0.516. The van der Waals surface area contributed by atoms with E-state index < -0.39 is 17.0 Å². The van der Waals surface area contributed by atoms with Gasteiger partial charge < -0.3 is 15.5 Å². The monoisotopic (exact) mass is 473 g/mol. The third-order valence-electron chi connectivity index (χ3n) is 8.09. The number of nitrogens with one attached hydrogen (secondary N) is 1. The summed E-state index contributed by atoms with van der Waals surface area (Å²) >= 11 is 0. The van der Waals surface area contributed by atoms with Crippen LogP contribution in [0, 0.1) is 12.8 Å². The van der Waals surface area contributed by atoms with Crippen molar-refractivity contribution in [3.05, 3.63) is 29.3 Å². The minimum Gasteiger partial charge on any atom is -0.508 e. The summed E-state index contributed by atoms with van der Waals surface area (Å²) < 4.78 is 0. The van der Waals surface area contributed by atoms with E-state index in [2.05, 4.69) is 24.1 Å². The van der Waals surface area contributed by atoms with Crippen LogP contribution in [-0.2, 0) is 10.2 Å². The molecule has 0 spiro atoms. The van der Waals surface area contributed by atoms with Gasteiger partial charge in [-0.15, -0.1) is 0 Å². The maximum Gasteiger partial charge on any atom is 0.324 e. The molecule has 3 rings (SSSR count). The van der Waals surface area contributed by atoms with Crippen molar-refractivity contribution in [2.24, 2.45) is 5.92 Å². The molecule has 0 aromatic heterocycles. The van der Waals surface area contributed by atoms with E-state index in [0.717, 1.165) is 30.6 Å². The van der Waals surface area contributed by atoms with Crippen molar-refractivity contribution in [3.8, 4) is 5.75 Å². The van der Waals surface area contributed by atoms with Crippen LogP contribution in [0.2, 0.25) is 0 Å². The summed E-state index contributed by atoms with van der Waals surface area (Å²) in [6.45, 7) is 12.1. The first-order chi connectivity index (χ1) is 16.1. The Labute approximate surface area is 204 Å². The Hall–Kier alpha value is -2.12. The molecule has 0 radical (unpaired) electrons. The largest absolute Gasteiger partial charge is 0.508 e. The number of amides is 3. The molecule has 7 heteroatoms. The van der Waals surface area contributed by atoms with Crippen molar-refractivity contribution in [1.29, 1.82) is 0 Å². The number of piperidine rings is 1. The van der Waals surface area contributed by atoms with E-state index >= 15 is 0 Å². The Morgan fingerprint density at radius 3 is 2.53 bits per heavy atom. The summed E-state index contributed by atoms with van der Waals surface area (Å²) in [6, 6.07) is 4.65. The van der Waals surface area contributed by atoms with Crippen LogP contribution in [0.1, 0.15) is 77.3 Å². The molecule has 3 N–H and O–H groups in total. The van der Waals surface area contributed by atoms with Crippen LogP contribution >= 0.6 is 0 Å². The Bertz CT molecular complexity index is 887. The zero-order valence-corrected chi connectivity index (χ0v) is 21.6. The van der Waals surface area contributed by atoms with Crippen molar-refractivity contribution >= 4 is 11.9 Å². The number of nitrogens with zero attached hydrogens (tertiary/aromatic N) is 2. The quantitative estimate of drug-likeness (QED) is 0.505. The molecule has 190 valence electrons. The van der Waals surface area contributed by atoms with E-state index in [9.17, 15) is 19.8 Å². The SMILES string of the molecule is CCCC1(O)C(C)N(CC2CC2)CCC1(CC(=O)N(CC)C(=O)NCC)c1cc(O)ccc1C. The first kappa shape index (κ1) is 26.5. The third-order valence-corrected chi connectivity index (χ3v) is 8.09. The minimum absolute atomic E-state index is 0.0143. The highest BCUT2D eigenvalue weighted by Gasteiger charge is 2.59. The lowest BCUT2D eigenvalue weighted by molar-refractivity contribution is -0.155. The Morgan fingerprint density at radius 2 is 1.94 bits per heavy atom. The summed E-state index contributed by atoms with van der Waals surface area (Å²) in [5, 5.41) is 25.7. The van der Waals surface area contributed by atoms with Gasteiger partial charge >= 0.3 is 6.03 Å². The second-order valence-corrected chi connectivity index (χ2v) is 10.3. The van der Waals surface area contributed by atoms with Crippen LogP contribution in [0.5, 0.6) is 5.75 Å². The van der Waals surface area contributed by atoms with Gasteiger partial charge in [-0.2, -0.15) is 0 Å². The van der Waals surface area contributed by atoms with E-state index in [1.165, 1.54) is 17.7 Å². The zero-order valence-electron chi connectivity index (χ0n) is 21.6. The zero-order chi connectivity index (χ0) is 25.1. The Morgan fingerprint density at radius 1 is 1.24 bits per heavy atom. The van der Waals surface area contributed by atoms with Gasteiger partial charge in [0.05, 0.1) is 5.60 Å². The number of likely N-dealkylation sites (tertiary alicyclic amines) is 1. The van der Waals surface area contributed by atoms with Crippen LogP contribution in [-0.4, -0.2) is 69.8 Å². The molecule has 2 fully saturated rings. The van der Waals surface area contributed by atoms with E-state index in [-0.39, 0.29) is 30.7 Å². The van der Waals surface area contributed by atoms with Crippen molar-refractivity contribution in [2.45, 2.75) is 90.2 Å². The number of carbonyl (C=O) groups excluding carboxylic acids is 2. The summed E-state index contributed by atoms with van der Waals surface area (Å²) in [4.78, 5) is 29.9. The number of rotatable bonds is 9. The van der Waals surface area contributed by atoms with Crippen LogP contribution in [0.25, 0.3) is 0 Å². The fraction of sp³-hybridized carbons (Fsp3) is 0.704.